The van der Waals surface area contributed by atoms with Gasteiger partial charge in [-0.15, -0.1) is 0 Å². The molecule has 0 aliphatic carbocycles. The second-order valence-electron chi connectivity index (χ2n) is 4.68. The molecule has 0 aliphatic heterocycles. The van der Waals surface area contributed by atoms with Crippen molar-refractivity contribution >= 4 is 28.2 Å². The first-order valence-electron chi connectivity index (χ1n) is 7.17. The number of hydrogen-bond donors (Lipinski definition) is 0. The van der Waals surface area contributed by atoms with Crippen molar-refractivity contribution in [3.8, 4) is 0 Å². The quantitative estimate of drug-likeness (QED) is 0.783. The summed E-state index contributed by atoms with van der Waals surface area (Å²) in [5.74, 6) is 0.739. The summed E-state index contributed by atoms with van der Waals surface area (Å²) in [6, 6.07) is 5.36. The Hall–Kier alpha value is -1.87. The van der Waals surface area contributed by atoms with E-state index in [0.717, 1.165) is 17.9 Å². The van der Waals surface area contributed by atoms with Crippen LogP contribution in [0.2, 0.25) is 5.02 Å². The van der Waals surface area contributed by atoms with Crippen molar-refractivity contribution in [2.24, 2.45) is 0 Å². The molecular formula is C17H19ClN2O. The fraction of sp³-hybridized carbons (Fsp3) is 0.294. The van der Waals surface area contributed by atoms with Gasteiger partial charge in [0.15, 0.2) is 0 Å². The maximum Gasteiger partial charge on any atom is 0.267 e. The fourth-order valence-electron chi connectivity index (χ4n) is 2.28. The number of halogens is 1. The van der Waals surface area contributed by atoms with Crippen LogP contribution in [0.15, 0.2) is 41.2 Å². The molecule has 2 aromatic rings. The lowest BCUT2D eigenvalue weighted by Gasteiger charge is -2.13. The molecule has 1 heterocycles. The van der Waals surface area contributed by atoms with E-state index in [4.69, 9.17) is 11.6 Å². The van der Waals surface area contributed by atoms with Crippen LogP contribution in [0.5, 0.6) is 0 Å². The molecule has 0 saturated heterocycles. The Morgan fingerprint density at radius 1 is 1.38 bits per heavy atom. The van der Waals surface area contributed by atoms with E-state index in [-0.39, 0.29) is 5.56 Å². The Balaban J connectivity index is 2.84. The van der Waals surface area contributed by atoms with Crippen LogP contribution in [0.4, 0.5) is 0 Å². The molecule has 0 saturated carbocycles. The predicted octanol–water partition coefficient (Wildman–Crippen LogP) is 4.44. The van der Waals surface area contributed by atoms with E-state index in [9.17, 15) is 4.79 Å². The average molecular weight is 303 g/mol. The highest BCUT2D eigenvalue weighted by Crippen LogP contribution is 2.20. The lowest BCUT2D eigenvalue weighted by atomic mass is 10.2. The molecule has 110 valence electrons. The van der Waals surface area contributed by atoms with Crippen LogP contribution in [-0.4, -0.2) is 9.55 Å². The van der Waals surface area contributed by atoms with E-state index in [2.05, 4.69) is 11.9 Å². The summed E-state index contributed by atoms with van der Waals surface area (Å²) >= 11 is 6.19. The minimum atomic E-state index is -0.115. The van der Waals surface area contributed by atoms with Crippen LogP contribution in [0.1, 0.15) is 33.0 Å². The van der Waals surface area contributed by atoms with Crippen LogP contribution >= 0.6 is 11.6 Å². The number of rotatable bonds is 4. The van der Waals surface area contributed by atoms with Crippen LogP contribution < -0.4 is 5.56 Å². The zero-order valence-corrected chi connectivity index (χ0v) is 13.3. The normalized spacial score (nSPS) is 12.5. The molecular weight excluding hydrogens is 284 g/mol. The minimum Gasteiger partial charge on any atom is -0.268 e. The van der Waals surface area contributed by atoms with Crippen LogP contribution in [0, 0.1) is 0 Å². The summed E-state index contributed by atoms with van der Waals surface area (Å²) in [6.45, 7) is 5.96. The molecule has 0 atom stereocenters. The summed E-state index contributed by atoms with van der Waals surface area (Å²) in [4.78, 5) is 17.5. The molecule has 0 spiro atoms. The van der Waals surface area contributed by atoms with Gasteiger partial charge in [0.25, 0.3) is 5.56 Å². The predicted molar refractivity (Wildman–Crippen MR) is 89.8 cm³/mol. The molecule has 3 nitrogen and oxygen atoms in total. The Labute approximate surface area is 129 Å². The second kappa shape index (κ2) is 6.72. The monoisotopic (exact) mass is 302 g/mol. The molecule has 21 heavy (non-hydrogen) atoms. The Morgan fingerprint density at radius 2 is 2.14 bits per heavy atom. The molecule has 4 heteroatoms. The van der Waals surface area contributed by atoms with Crippen LogP contribution in [0.3, 0.4) is 0 Å². The van der Waals surface area contributed by atoms with Gasteiger partial charge in [0, 0.05) is 12.1 Å². The van der Waals surface area contributed by atoms with Crippen molar-refractivity contribution in [2.45, 2.75) is 33.6 Å². The van der Waals surface area contributed by atoms with Gasteiger partial charge in [0.2, 0.25) is 0 Å². The highest BCUT2D eigenvalue weighted by Gasteiger charge is 2.13. The first-order chi connectivity index (χ1) is 10.1. The number of aromatic nitrogens is 2. The second-order valence-corrected chi connectivity index (χ2v) is 5.09. The maximum absolute atomic E-state index is 12.9. The summed E-state index contributed by atoms with van der Waals surface area (Å²) in [7, 11) is 0. The molecule has 2 rings (SSSR count). The zero-order chi connectivity index (χ0) is 15.4. The summed E-state index contributed by atoms with van der Waals surface area (Å²) in [6.07, 6.45) is 7.48. The molecule has 0 radical (unpaired) electrons. The fourth-order valence-corrected chi connectivity index (χ4v) is 2.53. The summed E-state index contributed by atoms with van der Waals surface area (Å²) < 4.78 is 1.65. The third-order valence-electron chi connectivity index (χ3n) is 3.31. The van der Waals surface area contributed by atoms with Gasteiger partial charge in [0.1, 0.15) is 5.82 Å². The lowest BCUT2D eigenvalue weighted by molar-refractivity contribution is 0.850. The first-order valence-corrected chi connectivity index (χ1v) is 7.55. The van der Waals surface area contributed by atoms with Gasteiger partial charge in [-0.25, -0.2) is 4.98 Å². The van der Waals surface area contributed by atoms with E-state index in [0.29, 0.717) is 22.3 Å². The van der Waals surface area contributed by atoms with Crippen molar-refractivity contribution in [2.75, 3.05) is 0 Å². The topological polar surface area (TPSA) is 34.9 Å². The SMILES string of the molecule is C/C=C(\C=C/CC)n1c(CC)nc2cccc(Cl)c2c1=O. The van der Waals surface area contributed by atoms with E-state index in [1.54, 1.807) is 10.6 Å². The molecule has 0 unspecified atom stereocenters. The molecule has 0 amide bonds. The van der Waals surface area contributed by atoms with Gasteiger partial charge in [0.05, 0.1) is 15.9 Å². The van der Waals surface area contributed by atoms with Gasteiger partial charge in [-0.2, -0.15) is 0 Å². The first kappa shape index (κ1) is 15.5. The van der Waals surface area contributed by atoms with Crippen molar-refractivity contribution in [1.29, 1.82) is 0 Å². The number of fused-ring (bicyclic) bond motifs is 1. The minimum absolute atomic E-state index is 0.115. The smallest absolute Gasteiger partial charge is 0.267 e. The summed E-state index contributed by atoms with van der Waals surface area (Å²) in [5, 5.41) is 0.914. The number of hydrogen-bond acceptors (Lipinski definition) is 2. The molecule has 0 bridgehead atoms. The van der Waals surface area contributed by atoms with Crippen molar-refractivity contribution in [3.05, 3.63) is 57.6 Å². The highest BCUT2D eigenvalue weighted by atomic mass is 35.5. The molecule has 0 aliphatic rings. The zero-order valence-electron chi connectivity index (χ0n) is 12.6. The van der Waals surface area contributed by atoms with E-state index >= 15 is 0 Å². The highest BCUT2D eigenvalue weighted by molar-refractivity contribution is 6.35. The largest absolute Gasteiger partial charge is 0.268 e. The van der Waals surface area contributed by atoms with E-state index in [1.165, 1.54) is 0 Å². The molecule has 0 N–H and O–H groups in total. The number of allylic oxidation sites excluding steroid dienone is 4. The van der Waals surface area contributed by atoms with Crippen LogP contribution in [0.25, 0.3) is 16.6 Å². The van der Waals surface area contributed by atoms with Crippen molar-refractivity contribution in [3.63, 3.8) is 0 Å². The Morgan fingerprint density at radius 3 is 2.76 bits per heavy atom. The van der Waals surface area contributed by atoms with Gasteiger partial charge < -0.3 is 0 Å². The standard InChI is InChI=1S/C17H19ClN2O/c1-4-7-9-12(5-2)20-15(6-3)19-14-11-8-10-13(18)16(14)17(20)21/h5,7-11H,4,6H2,1-3H3/b9-7-,12-5+. The average Bonchev–Trinajstić information content (AvgIpc) is 2.49. The van der Waals surface area contributed by atoms with Crippen molar-refractivity contribution < 1.29 is 0 Å². The van der Waals surface area contributed by atoms with Gasteiger partial charge in [-0.3, -0.25) is 9.36 Å². The third-order valence-corrected chi connectivity index (χ3v) is 3.63. The van der Waals surface area contributed by atoms with Crippen molar-refractivity contribution in [1.82, 2.24) is 9.55 Å². The summed E-state index contributed by atoms with van der Waals surface area (Å²) in [5.41, 5.74) is 1.36. The Kier molecular flexibility index (Phi) is 4.97. The number of nitrogens with zero attached hydrogens (tertiary/aromatic N) is 2. The third kappa shape index (κ3) is 2.93. The van der Waals surface area contributed by atoms with E-state index < -0.39 is 0 Å². The van der Waals surface area contributed by atoms with Crippen LogP contribution in [-0.2, 0) is 6.42 Å². The number of benzene rings is 1. The molecule has 0 fully saturated rings. The maximum atomic E-state index is 12.9. The molecule has 1 aromatic heterocycles. The molecule has 1 aromatic carbocycles. The lowest BCUT2D eigenvalue weighted by Crippen LogP contribution is -2.24. The number of aryl methyl sites for hydroxylation is 1. The van der Waals surface area contributed by atoms with E-state index in [1.807, 2.05) is 44.2 Å². The van der Waals surface area contributed by atoms with Gasteiger partial charge in [-0.05, 0) is 31.6 Å². The Bertz CT molecular complexity index is 772. The van der Waals surface area contributed by atoms with Gasteiger partial charge in [-0.1, -0.05) is 43.7 Å². The van der Waals surface area contributed by atoms with Gasteiger partial charge >= 0.3 is 0 Å².